The fourth-order valence-corrected chi connectivity index (χ4v) is 2.94. The van der Waals surface area contributed by atoms with E-state index in [2.05, 4.69) is 25.4 Å². The zero-order valence-electron chi connectivity index (χ0n) is 8.47. The van der Waals surface area contributed by atoms with E-state index in [4.69, 9.17) is 0 Å². The third kappa shape index (κ3) is 2.98. The molecule has 1 N–H and O–H groups in total. The molecule has 0 aliphatic heterocycles. The Kier molecular flexibility index (Phi) is 4.44. The second-order valence-corrected chi connectivity index (χ2v) is 5.06. The third-order valence-electron chi connectivity index (χ3n) is 2.55. The molecule has 72 valence electrons. The lowest BCUT2D eigenvalue weighted by Crippen LogP contribution is -2.43. The van der Waals surface area contributed by atoms with Crippen molar-refractivity contribution >= 4 is 11.8 Å². The number of hydrogen-bond donors (Lipinski definition) is 1. The van der Waals surface area contributed by atoms with Crippen LogP contribution in [0.4, 0.5) is 0 Å². The Bertz CT molecular complexity index is 125. The minimum absolute atomic E-state index is 0.641. The quantitative estimate of drug-likeness (QED) is 0.729. The fourth-order valence-electron chi connectivity index (χ4n) is 2.00. The molecular formula is C10H21NS. The maximum atomic E-state index is 3.66. The van der Waals surface area contributed by atoms with E-state index in [0.29, 0.717) is 6.04 Å². The Morgan fingerprint density at radius 3 is 2.50 bits per heavy atom. The monoisotopic (exact) mass is 187 g/mol. The number of rotatable bonds is 3. The van der Waals surface area contributed by atoms with Crippen molar-refractivity contribution in [2.24, 2.45) is 0 Å². The van der Waals surface area contributed by atoms with Gasteiger partial charge in [-0.3, -0.25) is 0 Å². The van der Waals surface area contributed by atoms with E-state index < -0.39 is 0 Å². The molecule has 12 heavy (non-hydrogen) atoms. The number of nitrogens with one attached hydrogen (secondary N) is 1. The molecule has 1 rings (SSSR count). The molecule has 0 bridgehead atoms. The van der Waals surface area contributed by atoms with Gasteiger partial charge in [0.2, 0.25) is 0 Å². The summed E-state index contributed by atoms with van der Waals surface area (Å²) in [5, 5.41) is 4.52. The van der Waals surface area contributed by atoms with Crippen LogP contribution in [0.15, 0.2) is 0 Å². The van der Waals surface area contributed by atoms with Crippen LogP contribution in [-0.2, 0) is 0 Å². The van der Waals surface area contributed by atoms with Gasteiger partial charge in [0.05, 0.1) is 0 Å². The Morgan fingerprint density at radius 2 is 1.92 bits per heavy atom. The van der Waals surface area contributed by atoms with Gasteiger partial charge >= 0.3 is 0 Å². The highest BCUT2D eigenvalue weighted by atomic mass is 32.2. The van der Waals surface area contributed by atoms with Crippen LogP contribution in [0.1, 0.15) is 39.5 Å². The van der Waals surface area contributed by atoms with Crippen LogP contribution in [0.3, 0.4) is 0 Å². The van der Waals surface area contributed by atoms with Crippen molar-refractivity contribution in [1.82, 2.24) is 5.32 Å². The molecule has 2 unspecified atom stereocenters. The summed E-state index contributed by atoms with van der Waals surface area (Å²) >= 11 is 2.03. The van der Waals surface area contributed by atoms with Crippen molar-refractivity contribution in [2.45, 2.75) is 56.9 Å². The van der Waals surface area contributed by atoms with Gasteiger partial charge in [-0.1, -0.05) is 26.7 Å². The highest BCUT2D eigenvalue weighted by Gasteiger charge is 2.23. The molecule has 0 saturated heterocycles. The first-order valence-corrected chi connectivity index (χ1v) is 6.31. The molecule has 1 saturated carbocycles. The van der Waals surface area contributed by atoms with Crippen molar-refractivity contribution in [2.75, 3.05) is 6.26 Å². The van der Waals surface area contributed by atoms with Crippen molar-refractivity contribution in [3.05, 3.63) is 0 Å². The molecule has 0 heterocycles. The van der Waals surface area contributed by atoms with Gasteiger partial charge in [-0.2, -0.15) is 11.8 Å². The normalized spacial score (nSPS) is 31.0. The van der Waals surface area contributed by atoms with Crippen LogP contribution in [-0.4, -0.2) is 23.6 Å². The topological polar surface area (TPSA) is 12.0 Å². The van der Waals surface area contributed by atoms with E-state index in [1.54, 1.807) is 0 Å². The molecular weight excluding hydrogens is 166 g/mol. The highest BCUT2D eigenvalue weighted by Crippen LogP contribution is 2.27. The molecule has 2 heteroatoms. The molecule has 0 amide bonds. The SMILES string of the molecule is CSC1CCCCC1NC(C)C. The molecule has 0 aromatic carbocycles. The summed E-state index contributed by atoms with van der Waals surface area (Å²) in [7, 11) is 0. The lowest BCUT2D eigenvalue weighted by atomic mass is 9.94. The summed E-state index contributed by atoms with van der Waals surface area (Å²) in [5.74, 6) is 0. The minimum Gasteiger partial charge on any atom is -0.311 e. The van der Waals surface area contributed by atoms with E-state index in [-0.39, 0.29) is 0 Å². The zero-order valence-corrected chi connectivity index (χ0v) is 9.29. The second-order valence-electron chi connectivity index (χ2n) is 3.99. The summed E-state index contributed by atoms with van der Waals surface area (Å²) in [5.41, 5.74) is 0. The summed E-state index contributed by atoms with van der Waals surface area (Å²) in [6.07, 6.45) is 7.88. The van der Waals surface area contributed by atoms with Gasteiger partial charge in [-0.15, -0.1) is 0 Å². The lowest BCUT2D eigenvalue weighted by Gasteiger charge is -2.32. The molecule has 1 aliphatic carbocycles. The molecule has 0 radical (unpaired) electrons. The maximum Gasteiger partial charge on any atom is 0.0198 e. The summed E-state index contributed by atoms with van der Waals surface area (Å²) in [6.45, 7) is 4.48. The Hall–Kier alpha value is 0.310. The van der Waals surface area contributed by atoms with Gasteiger partial charge in [-0.25, -0.2) is 0 Å². The zero-order chi connectivity index (χ0) is 8.97. The molecule has 0 aromatic rings. The lowest BCUT2D eigenvalue weighted by molar-refractivity contribution is 0.362. The van der Waals surface area contributed by atoms with Crippen LogP contribution in [0.2, 0.25) is 0 Å². The van der Waals surface area contributed by atoms with Gasteiger partial charge in [0.15, 0.2) is 0 Å². The largest absolute Gasteiger partial charge is 0.311 e. The third-order valence-corrected chi connectivity index (χ3v) is 3.72. The van der Waals surface area contributed by atoms with Crippen LogP contribution in [0.5, 0.6) is 0 Å². The Morgan fingerprint density at radius 1 is 1.25 bits per heavy atom. The highest BCUT2D eigenvalue weighted by molar-refractivity contribution is 7.99. The molecule has 1 nitrogen and oxygen atoms in total. The molecule has 1 aliphatic rings. The first-order chi connectivity index (χ1) is 5.74. The minimum atomic E-state index is 0.641. The molecule has 0 aromatic heterocycles. The fraction of sp³-hybridized carbons (Fsp3) is 1.00. The van der Waals surface area contributed by atoms with Gasteiger partial charge in [0.25, 0.3) is 0 Å². The first kappa shape index (κ1) is 10.4. The smallest absolute Gasteiger partial charge is 0.0198 e. The predicted molar refractivity (Wildman–Crippen MR) is 57.8 cm³/mol. The van der Waals surface area contributed by atoms with Crippen LogP contribution in [0.25, 0.3) is 0 Å². The van der Waals surface area contributed by atoms with E-state index >= 15 is 0 Å². The van der Waals surface area contributed by atoms with Crippen molar-refractivity contribution < 1.29 is 0 Å². The van der Waals surface area contributed by atoms with Crippen LogP contribution >= 0.6 is 11.8 Å². The maximum absolute atomic E-state index is 3.66. The van der Waals surface area contributed by atoms with E-state index in [0.717, 1.165) is 11.3 Å². The molecule has 0 spiro atoms. The Labute approximate surface area is 80.7 Å². The standard InChI is InChI=1S/C10H21NS/c1-8(2)11-9-6-4-5-7-10(9)12-3/h8-11H,4-7H2,1-3H3. The average Bonchev–Trinajstić information content (AvgIpc) is 2.04. The van der Waals surface area contributed by atoms with Gasteiger partial charge < -0.3 is 5.32 Å². The van der Waals surface area contributed by atoms with Gasteiger partial charge in [-0.05, 0) is 19.1 Å². The predicted octanol–water partition coefficient (Wildman–Crippen LogP) is 2.66. The van der Waals surface area contributed by atoms with Crippen molar-refractivity contribution in [3.63, 3.8) is 0 Å². The van der Waals surface area contributed by atoms with Gasteiger partial charge in [0, 0.05) is 17.3 Å². The Balaban J connectivity index is 2.36. The summed E-state index contributed by atoms with van der Waals surface area (Å²) < 4.78 is 0. The van der Waals surface area contributed by atoms with Crippen LogP contribution < -0.4 is 5.32 Å². The number of hydrogen-bond acceptors (Lipinski definition) is 2. The average molecular weight is 187 g/mol. The van der Waals surface area contributed by atoms with E-state index in [1.807, 2.05) is 11.8 Å². The molecule has 1 fully saturated rings. The second kappa shape index (κ2) is 5.13. The van der Waals surface area contributed by atoms with Crippen LogP contribution in [0, 0.1) is 0 Å². The van der Waals surface area contributed by atoms with Gasteiger partial charge in [0.1, 0.15) is 0 Å². The summed E-state index contributed by atoms with van der Waals surface area (Å²) in [6, 6.07) is 1.41. The van der Waals surface area contributed by atoms with E-state index in [1.165, 1.54) is 25.7 Å². The van der Waals surface area contributed by atoms with E-state index in [9.17, 15) is 0 Å². The first-order valence-electron chi connectivity index (χ1n) is 5.03. The number of thioether (sulfide) groups is 1. The van der Waals surface area contributed by atoms with Crippen molar-refractivity contribution in [1.29, 1.82) is 0 Å². The molecule has 2 atom stereocenters. The summed E-state index contributed by atoms with van der Waals surface area (Å²) in [4.78, 5) is 0. The van der Waals surface area contributed by atoms with Crippen molar-refractivity contribution in [3.8, 4) is 0 Å².